The minimum atomic E-state index is -0.0908. The van der Waals surface area contributed by atoms with Crippen LogP contribution < -0.4 is 11.1 Å². The maximum absolute atomic E-state index is 11.5. The largest absolute Gasteiger partial charge is 0.466 e. The third kappa shape index (κ3) is 4.03. The quantitative estimate of drug-likeness (QED) is 0.558. The third-order valence-corrected chi connectivity index (χ3v) is 2.76. The minimum absolute atomic E-state index is 0.00514. The first-order chi connectivity index (χ1) is 7.13. The standard InChI is InChI=1S/C10H18N2O2S/c1-2-14-9(13)7-4-3-5-8(6-7)12-10(11)15/h7-8H,2-6H2,1H3,(H3,11,12,15). The highest BCUT2D eigenvalue weighted by Gasteiger charge is 2.28. The Bertz CT molecular complexity index is 246. The predicted octanol–water partition coefficient (Wildman–Crippen LogP) is 0.942. The summed E-state index contributed by atoms with van der Waals surface area (Å²) in [5, 5.41) is 3.32. The highest BCUT2D eigenvalue weighted by atomic mass is 32.1. The van der Waals surface area contributed by atoms with Gasteiger partial charge in [0.2, 0.25) is 0 Å². The molecule has 1 aliphatic carbocycles. The molecule has 0 aromatic rings. The van der Waals surface area contributed by atoms with E-state index in [0.717, 1.165) is 25.7 Å². The van der Waals surface area contributed by atoms with Crippen LogP contribution in [0.15, 0.2) is 0 Å². The maximum atomic E-state index is 11.5. The van der Waals surface area contributed by atoms with E-state index in [-0.39, 0.29) is 17.9 Å². The summed E-state index contributed by atoms with van der Waals surface area (Å²) in [5.74, 6) is -0.0857. The van der Waals surface area contributed by atoms with Crippen molar-refractivity contribution in [2.45, 2.75) is 38.6 Å². The van der Waals surface area contributed by atoms with Gasteiger partial charge in [-0.05, 0) is 38.4 Å². The molecule has 86 valence electrons. The van der Waals surface area contributed by atoms with Crippen molar-refractivity contribution in [1.82, 2.24) is 5.32 Å². The van der Waals surface area contributed by atoms with Gasteiger partial charge in [-0.25, -0.2) is 0 Å². The van der Waals surface area contributed by atoms with Gasteiger partial charge in [-0.2, -0.15) is 0 Å². The molecule has 0 bridgehead atoms. The van der Waals surface area contributed by atoms with Crippen molar-refractivity contribution in [3.05, 3.63) is 0 Å². The molecule has 1 fully saturated rings. The number of nitrogens with two attached hydrogens (primary N) is 1. The summed E-state index contributed by atoms with van der Waals surface area (Å²) in [6.07, 6.45) is 3.72. The molecule has 2 atom stereocenters. The van der Waals surface area contributed by atoms with Crippen molar-refractivity contribution >= 4 is 23.3 Å². The topological polar surface area (TPSA) is 64.3 Å². The van der Waals surface area contributed by atoms with Crippen molar-refractivity contribution in [1.29, 1.82) is 0 Å². The molecule has 4 nitrogen and oxygen atoms in total. The number of hydrogen-bond donors (Lipinski definition) is 2. The van der Waals surface area contributed by atoms with E-state index in [4.69, 9.17) is 22.7 Å². The fourth-order valence-corrected chi connectivity index (χ4v) is 2.16. The molecule has 3 N–H and O–H groups in total. The zero-order chi connectivity index (χ0) is 11.3. The molecule has 1 aliphatic rings. The van der Waals surface area contributed by atoms with Crippen molar-refractivity contribution in [3.8, 4) is 0 Å². The molecule has 5 heteroatoms. The molecule has 2 unspecified atom stereocenters. The van der Waals surface area contributed by atoms with Crippen LogP contribution in [0.25, 0.3) is 0 Å². The van der Waals surface area contributed by atoms with E-state index in [1.807, 2.05) is 6.92 Å². The Hall–Kier alpha value is -0.840. The minimum Gasteiger partial charge on any atom is -0.466 e. The Morgan fingerprint density at radius 1 is 1.60 bits per heavy atom. The molecule has 1 saturated carbocycles. The highest BCUT2D eigenvalue weighted by molar-refractivity contribution is 7.80. The lowest BCUT2D eigenvalue weighted by molar-refractivity contribution is -0.149. The van der Waals surface area contributed by atoms with Gasteiger partial charge in [-0.3, -0.25) is 4.79 Å². The molecule has 0 saturated heterocycles. The summed E-state index contributed by atoms with van der Waals surface area (Å²) in [5.41, 5.74) is 5.41. The van der Waals surface area contributed by atoms with E-state index in [1.54, 1.807) is 0 Å². The van der Waals surface area contributed by atoms with Crippen LogP contribution in [-0.4, -0.2) is 23.7 Å². The Morgan fingerprint density at radius 3 is 2.93 bits per heavy atom. The Morgan fingerprint density at radius 2 is 2.33 bits per heavy atom. The smallest absolute Gasteiger partial charge is 0.308 e. The summed E-state index contributed by atoms with van der Waals surface area (Å²) in [6.45, 7) is 2.27. The Labute approximate surface area is 95.5 Å². The van der Waals surface area contributed by atoms with Gasteiger partial charge >= 0.3 is 5.97 Å². The lowest BCUT2D eigenvalue weighted by Crippen LogP contribution is -2.42. The summed E-state index contributed by atoms with van der Waals surface area (Å²) >= 11 is 4.78. The first-order valence-electron chi connectivity index (χ1n) is 5.36. The number of esters is 1. The van der Waals surface area contributed by atoms with E-state index >= 15 is 0 Å². The van der Waals surface area contributed by atoms with E-state index in [9.17, 15) is 4.79 Å². The molecule has 0 aromatic carbocycles. The van der Waals surface area contributed by atoms with Crippen LogP contribution in [0.5, 0.6) is 0 Å². The van der Waals surface area contributed by atoms with Crippen LogP contribution in [-0.2, 0) is 9.53 Å². The highest BCUT2D eigenvalue weighted by Crippen LogP contribution is 2.25. The van der Waals surface area contributed by atoms with E-state index in [0.29, 0.717) is 11.7 Å². The number of hydrogen-bond acceptors (Lipinski definition) is 3. The Kier molecular flexibility index (Phi) is 4.81. The van der Waals surface area contributed by atoms with Crippen LogP contribution in [0.4, 0.5) is 0 Å². The second-order valence-electron chi connectivity index (χ2n) is 3.82. The SMILES string of the molecule is CCOC(=O)C1CCCC(NC(N)=S)C1. The molecular weight excluding hydrogens is 212 g/mol. The van der Waals surface area contributed by atoms with Gasteiger partial charge in [-0.1, -0.05) is 6.42 Å². The molecule has 0 amide bonds. The number of carbonyl (C=O) groups excluding carboxylic acids is 1. The molecule has 0 aromatic heterocycles. The lowest BCUT2D eigenvalue weighted by Gasteiger charge is -2.28. The van der Waals surface area contributed by atoms with Crippen molar-refractivity contribution in [3.63, 3.8) is 0 Å². The summed E-state index contributed by atoms with van der Waals surface area (Å²) in [4.78, 5) is 11.5. The zero-order valence-electron chi connectivity index (χ0n) is 8.99. The van der Waals surface area contributed by atoms with Crippen LogP contribution in [0.2, 0.25) is 0 Å². The molecule has 15 heavy (non-hydrogen) atoms. The average Bonchev–Trinajstić information content (AvgIpc) is 2.17. The average molecular weight is 230 g/mol. The third-order valence-electron chi connectivity index (χ3n) is 2.64. The molecular formula is C10H18N2O2S. The Balaban J connectivity index is 2.41. The number of ether oxygens (including phenoxy) is 1. The number of nitrogens with one attached hydrogen (secondary N) is 1. The fraction of sp³-hybridized carbons (Fsp3) is 0.800. The van der Waals surface area contributed by atoms with Gasteiger partial charge in [0.25, 0.3) is 0 Å². The first kappa shape index (κ1) is 12.2. The van der Waals surface area contributed by atoms with Crippen molar-refractivity contribution in [2.24, 2.45) is 11.7 Å². The molecule has 0 heterocycles. The summed E-state index contributed by atoms with van der Waals surface area (Å²) in [7, 11) is 0. The van der Waals surface area contributed by atoms with E-state index in [1.165, 1.54) is 0 Å². The van der Waals surface area contributed by atoms with Gasteiger partial charge < -0.3 is 15.8 Å². The fourth-order valence-electron chi connectivity index (χ4n) is 2.00. The maximum Gasteiger partial charge on any atom is 0.308 e. The van der Waals surface area contributed by atoms with Crippen molar-refractivity contribution < 1.29 is 9.53 Å². The van der Waals surface area contributed by atoms with Gasteiger partial charge in [0.05, 0.1) is 12.5 Å². The normalized spacial score (nSPS) is 25.7. The van der Waals surface area contributed by atoms with Gasteiger partial charge in [0.15, 0.2) is 5.11 Å². The van der Waals surface area contributed by atoms with E-state index < -0.39 is 0 Å². The zero-order valence-corrected chi connectivity index (χ0v) is 9.81. The molecule has 1 rings (SSSR count). The monoisotopic (exact) mass is 230 g/mol. The summed E-state index contributed by atoms with van der Waals surface area (Å²) in [6, 6.07) is 0.227. The first-order valence-corrected chi connectivity index (χ1v) is 5.77. The predicted molar refractivity (Wildman–Crippen MR) is 62.3 cm³/mol. The molecule has 0 spiro atoms. The van der Waals surface area contributed by atoms with Gasteiger partial charge in [-0.15, -0.1) is 0 Å². The van der Waals surface area contributed by atoms with E-state index in [2.05, 4.69) is 5.32 Å². The molecule has 0 radical (unpaired) electrons. The molecule has 0 aliphatic heterocycles. The van der Waals surface area contributed by atoms with Gasteiger partial charge in [0, 0.05) is 6.04 Å². The van der Waals surface area contributed by atoms with Crippen LogP contribution in [0.3, 0.4) is 0 Å². The van der Waals surface area contributed by atoms with Crippen molar-refractivity contribution in [2.75, 3.05) is 6.61 Å². The van der Waals surface area contributed by atoms with Crippen LogP contribution >= 0.6 is 12.2 Å². The van der Waals surface area contributed by atoms with Gasteiger partial charge in [0.1, 0.15) is 0 Å². The lowest BCUT2D eigenvalue weighted by atomic mass is 9.86. The number of thiocarbonyl (C=S) groups is 1. The summed E-state index contributed by atoms with van der Waals surface area (Å²) < 4.78 is 5.00. The second kappa shape index (κ2) is 5.90. The second-order valence-corrected chi connectivity index (χ2v) is 4.26. The van der Waals surface area contributed by atoms with Crippen LogP contribution in [0, 0.1) is 5.92 Å². The van der Waals surface area contributed by atoms with Crippen LogP contribution in [0.1, 0.15) is 32.6 Å². The number of rotatable bonds is 3. The number of carbonyl (C=O) groups is 1.